The molecular formula is C10H18N3O3+. The van der Waals surface area contributed by atoms with E-state index in [1.165, 1.54) is 6.92 Å². The number of ether oxygens (including phenoxy) is 2. The topological polar surface area (TPSA) is 68.1 Å². The molecule has 0 radical (unpaired) electrons. The van der Waals surface area contributed by atoms with Crippen molar-refractivity contribution in [2.24, 2.45) is 7.05 Å². The Kier molecular flexibility index (Phi) is 4.91. The Morgan fingerprint density at radius 2 is 2.19 bits per heavy atom. The Bertz CT molecular complexity index is 330. The van der Waals surface area contributed by atoms with E-state index in [9.17, 15) is 4.79 Å². The summed E-state index contributed by atoms with van der Waals surface area (Å²) in [5.41, 5.74) is 0. The summed E-state index contributed by atoms with van der Waals surface area (Å²) < 4.78 is 11.9. The van der Waals surface area contributed by atoms with Crippen LogP contribution in [-0.4, -0.2) is 35.9 Å². The van der Waals surface area contributed by atoms with Crippen molar-refractivity contribution in [1.82, 2.24) is 10.1 Å². The molecule has 1 aromatic rings. The predicted molar refractivity (Wildman–Crippen MR) is 55.7 cm³/mol. The Balaban J connectivity index is 2.09. The second kappa shape index (κ2) is 6.22. The number of nitrogens with zero attached hydrogens (tertiary/aromatic N) is 2. The molecule has 0 saturated carbocycles. The van der Waals surface area contributed by atoms with Gasteiger partial charge >= 0.3 is 11.8 Å². The first kappa shape index (κ1) is 12.6. The summed E-state index contributed by atoms with van der Waals surface area (Å²) in [4.78, 5) is 14.7. The number of hydrogen-bond donors (Lipinski definition) is 1. The number of nitrogens with one attached hydrogen (secondary N) is 1. The smallest absolute Gasteiger partial charge is 0.315 e. The number of aryl methyl sites for hydroxylation is 2. The van der Waals surface area contributed by atoms with Crippen LogP contribution in [0.2, 0.25) is 0 Å². The van der Waals surface area contributed by atoms with Gasteiger partial charge in [0, 0.05) is 13.8 Å². The minimum atomic E-state index is -0.280. The average molecular weight is 228 g/mol. The second-order valence-electron chi connectivity index (χ2n) is 3.48. The zero-order chi connectivity index (χ0) is 12.0. The van der Waals surface area contributed by atoms with Gasteiger partial charge in [-0.05, 0) is 4.98 Å². The molecule has 0 aromatic carbocycles. The fourth-order valence-electron chi connectivity index (χ4n) is 1.20. The average Bonchev–Trinajstić information content (AvgIpc) is 2.52. The van der Waals surface area contributed by atoms with E-state index in [0.717, 1.165) is 18.1 Å². The summed E-state index contributed by atoms with van der Waals surface area (Å²) in [6.45, 7) is 4.60. The minimum Gasteiger partial charge on any atom is -0.463 e. The van der Waals surface area contributed by atoms with Crippen molar-refractivity contribution >= 4 is 5.97 Å². The number of H-pyrrole nitrogens is 1. The van der Waals surface area contributed by atoms with Gasteiger partial charge in [0.1, 0.15) is 13.7 Å². The van der Waals surface area contributed by atoms with Crippen LogP contribution < -0.4 is 4.68 Å². The second-order valence-corrected chi connectivity index (χ2v) is 3.48. The van der Waals surface area contributed by atoms with Gasteiger partial charge < -0.3 is 9.47 Å². The highest BCUT2D eigenvalue weighted by atomic mass is 16.6. The van der Waals surface area contributed by atoms with Crippen molar-refractivity contribution in [3.8, 4) is 0 Å². The number of esters is 1. The van der Waals surface area contributed by atoms with E-state index < -0.39 is 0 Å². The molecule has 6 heteroatoms. The van der Waals surface area contributed by atoms with E-state index in [-0.39, 0.29) is 5.97 Å². The molecule has 1 N–H and O–H groups in total. The van der Waals surface area contributed by atoms with E-state index >= 15 is 0 Å². The van der Waals surface area contributed by atoms with E-state index in [2.05, 4.69) is 10.1 Å². The largest absolute Gasteiger partial charge is 0.463 e. The first-order valence-corrected chi connectivity index (χ1v) is 5.22. The van der Waals surface area contributed by atoms with Crippen LogP contribution in [0.15, 0.2) is 0 Å². The monoisotopic (exact) mass is 228 g/mol. The van der Waals surface area contributed by atoms with Gasteiger partial charge in [-0.1, -0.05) is 0 Å². The number of carbonyl (C=O) groups excluding carboxylic acids is 1. The van der Waals surface area contributed by atoms with Gasteiger partial charge in [-0.3, -0.25) is 4.79 Å². The third-order valence-corrected chi connectivity index (χ3v) is 2.10. The summed E-state index contributed by atoms with van der Waals surface area (Å²) in [5.74, 6) is 1.56. The van der Waals surface area contributed by atoms with Gasteiger partial charge in [0.2, 0.25) is 0 Å². The molecule has 0 amide bonds. The first-order chi connectivity index (χ1) is 7.59. The standard InChI is InChI=1S/C10H17N3O3/c1-8-11-10(12-13(8)3)4-5-15-6-7-16-9(2)14/h4-7H2,1-3H3/p+1. The maximum absolute atomic E-state index is 10.4. The summed E-state index contributed by atoms with van der Waals surface area (Å²) >= 11 is 0. The van der Waals surface area contributed by atoms with Crippen molar-refractivity contribution in [2.75, 3.05) is 19.8 Å². The molecule has 1 heterocycles. The van der Waals surface area contributed by atoms with Crippen LogP contribution in [-0.2, 0) is 27.7 Å². The molecule has 90 valence electrons. The number of aromatic nitrogens is 3. The van der Waals surface area contributed by atoms with Crippen LogP contribution in [0.25, 0.3) is 0 Å². The lowest BCUT2D eigenvalue weighted by atomic mass is 10.4. The van der Waals surface area contributed by atoms with Crippen LogP contribution >= 0.6 is 0 Å². The van der Waals surface area contributed by atoms with Gasteiger partial charge in [-0.15, -0.1) is 0 Å². The van der Waals surface area contributed by atoms with Crippen molar-refractivity contribution in [2.45, 2.75) is 20.3 Å². The summed E-state index contributed by atoms with van der Waals surface area (Å²) in [5, 5.41) is 3.09. The molecule has 0 saturated heterocycles. The van der Waals surface area contributed by atoms with Crippen molar-refractivity contribution in [3.05, 3.63) is 11.6 Å². The third kappa shape index (κ3) is 4.39. The first-order valence-electron chi connectivity index (χ1n) is 5.22. The fraction of sp³-hybridized carbons (Fsp3) is 0.700. The number of hydrogen-bond acceptors (Lipinski definition) is 4. The SMILES string of the molecule is CC(=O)OCCOCCc1nc(C)[n+](C)[nH]1. The van der Waals surface area contributed by atoms with Crippen LogP contribution in [0, 0.1) is 6.92 Å². The molecule has 0 atom stereocenters. The molecule has 0 aliphatic carbocycles. The summed E-state index contributed by atoms with van der Waals surface area (Å²) in [6.07, 6.45) is 0.724. The van der Waals surface area contributed by atoms with Gasteiger partial charge in [-0.25, -0.2) is 0 Å². The van der Waals surface area contributed by atoms with Gasteiger partial charge in [0.25, 0.3) is 5.82 Å². The summed E-state index contributed by atoms with van der Waals surface area (Å²) in [6, 6.07) is 0. The molecule has 0 bridgehead atoms. The highest BCUT2D eigenvalue weighted by Gasteiger charge is 2.10. The van der Waals surface area contributed by atoms with Gasteiger partial charge in [0.15, 0.2) is 0 Å². The number of carbonyl (C=O) groups is 1. The predicted octanol–water partition coefficient (Wildman–Crippen LogP) is -0.335. The lowest BCUT2D eigenvalue weighted by molar-refractivity contribution is -0.734. The zero-order valence-corrected chi connectivity index (χ0v) is 9.95. The van der Waals surface area contributed by atoms with Crippen LogP contribution in [0.1, 0.15) is 18.6 Å². The Morgan fingerprint density at radius 1 is 1.44 bits per heavy atom. The molecule has 1 aromatic heterocycles. The van der Waals surface area contributed by atoms with Gasteiger partial charge in [0.05, 0.1) is 19.6 Å². The highest BCUT2D eigenvalue weighted by Crippen LogP contribution is 1.91. The van der Waals surface area contributed by atoms with E-state index in [4.69, 9.17) is 9.47 Å². The minimum absolute atomic E-state index is 0.280. The maximum Gasteiger partial charge on any atom is 0.315 e. The molecule has 0 spiro atoms. The molecule has 16 heavy (non-hydrogen) atoms. The van der Waals surface area contributed by atoms with Crippen LogP contribution in [0.4, 0.5) is 0 Å². The molecule has 0 fully saturated rings. The van der Waals surface area contributed by atoms with Crippen LogP contribution in [0.5, 0.6) is 0 Å². The van der Waals surface area contributed by atoms with E-state index in [0.29, 0.717) is 19.8 Å². The molecule has 6 nitrogen and oxygen atoms in total. The molecule has 0 aliphatic rings. The zero-order valence-electron chi connectivity index (χ0n) is 9.95. The normalized spacial score (nSPS) is 10.4. The van der Waals surface area contributed by atoms with Crippen molar-refractivity contribution in [1.29, 1.82) is 0 Å². The summed E-state index contributed by atoms with van der Waals surface area (Å²) in [7, 11) is 1.91. The van der Waals surface area contributed by atoms with Crippen molar-refractivity contribution < 1.29 is 19.0 Å². The van der Waals surface area contributed by atoms with E-state index in [1.807, 2.05) is 18.7 Å². The number of rotatable bonds is 6. The maximum atomic E-state index is 10.4. The molecule has 0 unspecified atom stereocenters. The molecular weight excluding hydrogens is 210 g/mol. The lowest BCUT2D eigenvalue weighted by Crippen LogP contribution is -2.33. The third-order valence-electron chi connectivity index (χ3n) is 2.10. The Labute approximate surface area is 94.6 Å². The molecule has 1 rings (SSSR count). The van der Waals surface area contributed by atoms with E-state index in [1.54, 1.807) is 0 Å². The van der Waals surface area contributed by atoms with Gasteiger partial charge in [-0.2, -0.15) is 9.78 Å². The van der Waals surface area contributed by atoms with Crippen LogP contribution in [0.3, 0.4) is 0 Å². The quantitative estimate of drug-likeness (QED) is 0.411. The Morgan fingerprint density at radius 3 is 2.75 bits per heavy atom. The molecule has 0 aliphatic heterocycles. The lowest BCUT2D eigenvalue weighted by Gasteiger charge is -2.01. The highest BCUT2D eigenvalue weighted by molar-refractivity contribution is 5.65. The van der Waals surface area contributed by atoms with Crippen molar-refractivity contribution in [3.63, 3.8) is 0 Å². The Hall–Kier alpha value is -1.43. The fourth-order valence-corrected chi connectivity index (χ4v) is 1.20. The number of aromatic amines is 1.